The van der Waals surface area contributed by atoms with Gasteiger partial charge in [0.2, 0.25) is 0 Å². The first kappa shape index (κ1) is 32.3. The highest BCUT2D eigenvalue weighted by Gasteiger charge is 2.40. The number of ether oxygens (including phenoxy) is 1. The Morgan fingerprint density at radius 3 is 2.50 bits per heavy atom. The number of hydrogen-bond acceptors (Lipinski definition) is 8. The lowest BCUT2D eigenvalue weighted by Crippen LogP contribution is -2.54. The monoisotopic (exact) mass is 621 g/mol. The number of ketones is 1. The lowest BCUT2D eigenvalue weighted by molar-refractivity contribution is -0.146. The van der Waals surface area contributed by atoms with Gasteiger partial charge in [0.1, 0.15) is 17.2 Å². The van der Waals surface area contributed by atoms with Crippen molar-refractivity contribution < 1.29 is 19.1 Å². The molecule has 0 saturated heterocycles. The van der Waals surface area contributed by atoms with Crippen molar-refractivity contribution in [3.8, 4) is 0 Å². The normalized spacial score (nSPS) is 16.0. The van der Waals surface area contributed by atoms with Gasteiger partial charge < -0.3 is 25.7 Å². The summed E-state index contributed by atoms with van der Waals surface area (Å²) in [5.41, 5.74) is 9.19. The zero-order chi connectivity index (χ0) is 32.8. The van der Waals surface area contributed by atoms with Crippen LogP contribution < -0.4 is 21.7 Å². The van der Waals surface area contributed by atoms with Gasteiger partial charge in [-0.2, -0.15) is 4.99 Å². The topological polar surface area (TPSA) is 153 Å². The Hall–Kier alpha value is -5.13. The predicted molar refractivity (Wildman–Crippen MR) is 178 cm³/mol. The number of esters is 1. The molecule has 2 atom stereocenters. The van der Waals surface area contributed by atoms with Gasteiger partial charge in [-0.25, -0.2) is 4.98 Å². The molecule has 0 radical (unpaired) electrons. The highest BCUT2D eigenvalue weighted by molar-refractivity contribution is 6.08. The Morgan fingerprint density at radius 2 is 1.83 bits per heavy atom. The first-order valence-electron chi connectivity index (χ1n) is 15.2. The highest BCUT2D eigenvalue weighted by Crippen LogP contribution is 2.28. The molecule has 238 valence electrons. The van der Waals surface area contributed by atoms with Crippen LogP contribution in [0.1, 0.15) is 48.1 Å². The zero-order valence-electron chi connectivity index (χ0n) is 26.4. The summed E-state index contributed by atoms with van der Waals surface area (Å²) in [5.74, 6) is -0.00333. The number of rotatable bonds is 12. The standard InChI is InChI=1S/C35H39N7O4/c1-22(2)46-31(43)21-39-35(3,32(44)27-11-8-18-37-27)25-14-17-29-28(19-25)40-30(42(29)4)20-38-26-15-12-23(13-16-26)33(36)41-34(45)24-9-6-5-7-10-24/h5-17,19,22,27,37-39H,18,20-21H2,1-4H3,(H2,36,41,45)/t27?,35-/m1/s1. The van der Waals surface area contributed by atoms with Gasteiger partial charge in [0.15, 0.2) is 5.78 Å². The third-order valence-electron chi connectivity index (χ3n) is 7.94. The van der Waals surface area contributed by atoms with Gasteiger partial charge in [-0.05, 0) is 74.9 Å². The van der Waals surface area contributed by atoms with Crippen LogP contribution in [0.2, 0.25) is 0 Å². The second-order valence-electron chi connectivity index (χ2n) is 11.6. The number of amidine groups is 1. The van der Waals surface area contributed by atoms with E-state index < -0.39 is 23.5 Å². The number of fused-ring (bicyclic) bond motifs is 1. The average Bonchev–Trinajstić information content (AvgIpc) is 3.70. The molecule has 4 aromatic rings. The molecule has 1 aliphatic heterocycles. The molecule has 11 nitrogen and oxygen atoms in total. The molecular formula is C35H39N7O4. The Balaban J connectivity index is 1.31. The summed E-state index contributed by atoms with van der Waals surface area (Å²) in [6, 6.07) is 21.4. The molecule has 1 amide bonds. The molecule has 0 aliphatic carbocycles. The number of anilines is 1. The summed E-state index contributed by atoms with van der Waals surface area (Å²) >= 11 is 0. The van der Waals surface area contributed by atoms with Crippen LogP contribution in [0.3, 0.4) is 0 Å². The minimum absolute atomic E-state index is 0.102. The number of carbonyl (C=O) groups is 3. The average molecular weight is 622 g/mol. The minimum atomic E-state index is -1.18. The van der Waals surface area contributed by atoms with E-state index in [1.54, 1.807) is 57.2 Å². The van der Waals surface area contributed by atoms with Crippen molar-refractivity contribution in [1.82, 2.24) is 20.2 Å². The van der Waals surface area contributed by atoms with Crippen molar-refractivity contribution in [3.05, 3.63) is 107 Å². The number of aliphatic imine (C=N–C) groups is 1. The molecule has 1 aromatic heterocycles. The van der Waals surface area contributed by atoms with Gasteiger partial charge >= 0.3 is 5.97 Å². The van der Waals surface area contributed by atoms with Gasteiger partial charge in [0, 0.05) is 30.4 Å². The molecule has 1 unspecified atom stereocenters. The van der Waals surface area contributed by atoms with E-state index in [1.165, 1.54) is 0 Å². The summed E-state index contributed by atoms with van der Waals surface area (Å²) in [4.78, 5) is 47.4. The first-order valence-corrected chi connectivity index (χ1v) is 15.2. The highest BCUT2D eigenvalue weighted by atomic mass is 16.5. The van der Waals surface area contributed by atoms with Crippen LogP contribution in [0.4, 0.5) is 5.69 Å². The fourth-order valence-corrected chi connectivity index (χ4v) is 5.32. The van der Waals surface area contributed by atoms with Crippen LogP contribution in [-0.4, -0.2) is 58.3 Å². The number of amides is 1. The number of nitrogens with zero attached hydrogens (tertiary/aromatic N) is 3. The summed E-state index contributed by atoms with van der Waals surface area (Å²) in [5, 5.41) is 9.74. The quantitative estimate of drug-likeness (QED) is 0.0805. The van der Waals surface area contributed by atoms with E-state index in [-0.39, 0.29) is 24.3 Å². The van der Waals surface area contributed by atoms with Crippen LogP contribution in [0.15, 0.2) is 89.9 Å². The van der Waals surface area contributed by atoms with Gasteiger partial charge in [-0.3, -0.25) is 19.7 Å². The molecule has 0 bridgehead atoms. The molecule has 46 heavy (non-hydrogen) atoms. The largest absolute Gasteiger partial charge is 0.462 e. The van der Waals surface area contributed by atoms with Crippen molar-refractivity contribution in [1.29, 1.82) is 0 Å². The van der Waals surface area contributed by atoms with Gasteiger partial charge in [0.25, 0.3) is 5.91 Å². The van der Waals surface area contributed by atoms with E-state index in [9.17, 15) is 14.4 Å². The van der Waals surface area contributed by atoms with E-state index in [0.29, 0.717) is 29.8 Å². The van der Waals surface area contributed by atoms with Crippen LogP contribution in [-0.2, 0) is 33.5 Å². The summed E-state index contributed by atoms with van der Waals surface area (Å²) in [7, 11) is 1.94. The second-order valence-corrected chi connectivity index (χ2v) is 11.6. The van der Waals surface area contributed by atoms with Crippen molar-refractivity contribution in [2.45, 2.75) is 45.0 Å². The summed E-state index contributed by atoms with van der Waals surface area (Å²) in [6.07, 6.45) is 3.50. The molecule has 0 saturated carbocycles. The number of carbonyl (C=O) groups excluding carboxylic acids is 3. The summed E-state index contributed by atoms with van der Waals surface area (Å²) < 4.78 is 7.29. The number of aromatic nitrogens is 2. The van der Waals surface area contributed by atoms with E-state index in [1.807, 2.05) is 60.2 Å². The van der Waals surface area contributed by atoms with E-state index in [4.69, 9.17) is 15.5 Å². The molecule has 1 aliphatic rings. The Kier molecular flexibility index (Phi) is 9.74. The fourth-order valence-electron chi connectivity index (χ4n) is 5.32. The third-order valence-corrected chi connectivity index (χ3v) is 7.94. The maximum absolute atomic E-state index is 13.8. The number of aryl methyl sites for hydroxylation is 1. The maximum Gasteiger partial charge on any atom is 0.320 e. The Morgan fingerprint density at radius 1 is 1.09 bits per heavy atom. The van der Waals surface area contributed by atoms with Crippen LogP contribution in [0.5, 0.6) is 0 Å². The molecule has 0 spiro atoms. The van der Waals surface area contributed by atoms with Crippen LogP contribution >= 0.6 is 0 Å². The minimum Gasteiger partial charge on any atom is -0.462 e. The molecule has 0 fully saturated rings. The third kappa shape index (κ3) is 7.22. The van der Waals surface area contributed by atoms with Crippen LogP contribution in [0, 0.1) is 0 Å². The number of benzene rings is 3. The fraction of sp³-hybridized carbons (Fsp3) is 0.286. The van der Waals surface area contributed by atoms with E-state index >= 15 is 0 Å². The Bertz CT molecular complexity index is 1790. The SMILES string of the molecule is CC(C)OC(=O)CN[C@@](C)(C(=O)C1C=CCN1)c1ccc2c(c1)nc(CNc1ccc(C(N)=NC(=O)c3ccccc3)cc1)n2C. The lowest BCUT2D eigenvalue weighted by Gasteiger charge is -2.32. The maximum atomic E-state index is 13.8. The molecule has 2 heterocycles. The number of imidazole rings is 1. The van der Waals surface area contributed by atoms with Crippen molar-refractivity contribution in [2.24, 2.45) is 17.8 Å². The van der Waals surface area contributed by atoms with Gasteiger partial charge in [-0.1, -0.05) is 36.4 Å². The first-order chi connectivity index (χ1) is 22.0. The number of hydrogen-bond donors (Lipinski definition) is 4. The van der Waals surface area contributed by atoms with Crippen molar-refractivity contribution >= 4 is 40.2 Å². The smallest absolute Gasteiger partial charge is 0.320 e. The number of nitrogens with one attached hydrogen (secondary N) is 3. The number of Topliss-reactive ketones (excluding diaryl/α,β-unsaturated/α-hetero) is 1. The molecular weight excluding hydrogens is 582 g/mol. The zero-order valence-corrected chi connectivity index (χ0v) is 26.4. The second kappa shape index (κ2) is 13.9. The van der Waals surface area contributed by atoms with Gasteiger partial charge in [0.05, 0.1) is 36.3 Å². The lowest BCUT2D eigenvalue weighted by atomic mass is 9.84. The predicted octanol–water partition coefficient (Wildman–Crippen LogP) is 3.58. The van der Waals surface area contributed by atoms with E-state index in [2.05, 4.69) is 20.9 Å². The Labute approximate surface area is 267 Å². The molecule has 5 N–H and O–H groups in total. The summed E-state index contributed by atoms with van der Waals surface area (Å²) in [6.45, 7) is 6.28. The molecule has 5 rings (SSSR count). The van der Waals surface area contributed by atoms with Gasteiger partial charge in [-0.15, -0.1) is 0 Å². The van der Waals surface area contributed by atoms with Crippen molar-refractivity contribution in [2.75, 3.05) is 18.4 Å². The van der Waals surface area contributed by atoms with E-state index in [0.717, 1.165) is 22.5 Å². The number of nitrogens with two attached hydrogens (primary N) is 1. The molecule has 3 aromatic carbocycles. The molecule has 11 heteroatoms. The van der Waals surface area contributed by atoms with Crippen LogP contribution in [0.25, 0.3) is 11.0 Å². The van der Waals surface area contributed by atoms with Crippen molar-refractivity contribution in [3.63, 3.8) is 0 Å².